The zero-order valence-electron chi connectivity index (χ0n) is 9.94. The molecule has 4 nitrogen and oxygen atoms in total. The van der Waals surface area contributed by atoms with Gasteiger partial charge in [-0.3, -0.25) is 0 Å². The summed E-state index contributed by atoms with van der Waals surface area (Å²) in [5, 5.41) is 3.25. The van der Waals surface area contributed by atoms with E-state index in [9.17, 15) is 0 Å². The molecule has 0 aromatic carbocycles. The molecule has 1 aromatic heterocycles. The molecule has 0 saturated heterocycles. The lowest BCUT2D eigenvalue weighted by molar-refractivity contribution is 0.305. The van der Waals surface area contributed by atoms with Crippen molar-refractivity contribution in [1.82, 2.24) is 9.97 Å². The fourth-order valence-corrected chi connectivity index (χ4v) is 1.62. The number of nitrogens with zero attached hydrogens (tertiary/aromatic N) is 2. The highest BCUT2D eigenvalue weighted by atomic mass is 16.5. The van der Waals surface area contributed by atoms with Crippen molar-refractivity contribution in [1.29, 1.82) is 0 Å². The van der Waals surface area contributed by atoms with Gasteiger partial charge < -0.3 is 10.1 Å². The summed E-state index contributed by atoms with van der Waals surface area (Å²) >= 11 is 0. The molecule has 0 amide bonds. The van der Waals surface area contributed by atoms with Crippen LogP contribution in [0.4, 0.5) is 5.95 Å². The number of hydrogen-bond donors (Lipinski definition) is 1. The average molecular weight is 221 g/mol. The molecule has 1 fully saturated rings. The van der Waals surface area contributed by atoms with E-state index in [-0.39, 0.29) is 0 Å². The van der Waals surface area contributed by atoms with E-state index in [0.717, 1.165) is 24.8 Å². The fourth-order valence-electron chi connectivity index (χ4n) is 1.62. The van der Waals surface area contributed by atoms with Crippen molar-refractivity contribution in [2.45, 2.75) is 26.7 Å². The van der Waals surface area contributed by atoms with E-state index < -0.39 is 0 Å². The van der Waals surface area contributed by atoms with Gasteiger partial charge in [-0.15, -0.1) is 0 Å². The number of hydrogen-bond acceptors (Lipinski definition) is 4. The van der Waals surface area contributed by atoms with Crippen LogP contribution in [0.25, 0.3) is 0 Å². The quantitative estimate of drug-likeness (QED) is 0.801. The number of aromatic nitrogens is 2. The van der Waals surface area contributed by atoms with Crippen LogP contribution in [0.2, 0.25) is 0 Å². The van der Waals surface area contributed by atoms with E-state index in [1.807, 2.05) is 0 Å². The van der Waals surface area contributed by atoms with Gasteiger partial charge in [0.05, 0.1) is 6.61 Å². The van der Waals surface area contributed by atoms with Gasteiger partial charge in [-0.25, -0.2) is 4.98 Å². The number of anilines is 1. The number of rotatable bonds is 6. The average Bonchev–Trinajstić information content (AvgIpc) is 3.01. The van der Waals surface area contributed by atoms with E-state index in [4.69, 9.17) is 4.74 Å². The summed E-state index contributed by atoms with van der Waals surface area (Å²) in [4.78, 5) is 8.46. The second kappa shape index (κ2) is 5.14. The van der Waals surface area contributed by atoms with Gasteiger partial charge in [0.2, 0.25) is 11.8 Å². The summed E-state index contributed by atoms with van der Waals surface area (Å²) in [6, 6.07) is 1.79. The third-order valence-corrected chi connectivity index (χ3v) is 2.88. The van der Waals surface area contributed by atoms with Crippen LogP contribution in [0.3, 0.4) is 0 Å². The van der Waals surface area contributed by atoms with Crippen molar-refractivity contribution in [2.75, 3.05) is 18.5 Å². The van der Waals surface area contributed by atoms with Gasteiger partial charge in [0.1, 0.15) is 0 Å². The minimum Gasteiger partial charge on any atom is -0.478 e. The first-order valence-electron chi connectivity index (χ1n) is 5.99. The van der Waals surface area contributed by atoms with Gasteiger partial charge in [-0.2, -0.15) is 4.98 Å². The van der Waals surface area contributed by atoms with Crippen molar-refractivity contribution < 1.29 is 4.74 Å². The van der Waals surface area contributed by atoms with Gasteiger partial charge in [0.15, 0.2) is 0 Å². The van der Waals surface area contributed by atoms with Crippen LogP contribution in [0, 0.1) is 11.8 Å². The Kier molecular flexibility index (Phi) is 3.59. The summed E-state index contributed by atoms with van der Waals surface area (Å²) in [6.45, 7) is 6.03. The molecule has 2 rings (SSSR count). The monoisotopic (exact) mass is 221 g/mol. The summed E-state index contributed by atoms with van der Waals surface area (Å²) in [5.74, 6) is 2.98. The van der Waals surface area contributed by atoms with Crippen molar-refractivity contribution in [3.05, 3.63) is 12.3 Å². The van der Waals surface area contributed by atoms with Crippen LogP contribution < -0.4 is 10.1 Å². The minimum atomic E-state index is 0.656. The third-order valence-electron chi connectivity index (χ3n) is 2.88. The molecule has 1 aliphatic carbocycles. The maximum atomic E-state index is 5.45. The van der Waals surface area contributed by atoms with Gasteiger partial charge in [0, 0.05) is 18.8 Å². The van der Waals surface area contributed by atoms with Crippen molar-refractivity contribution >= 4 is 5.95 Å². The van der Waals surface area contributed by atoms with E-state index >= 15 is 0 Å². The Morgan fingerprint density at radius 1 is 1.56 bits per heavy atom. The zero-order valence-corrected chi connectivity index (χ0v) is 9.94. The van der Waals surface area contributed by atoms with Gasteiger partial charge in [-0.05, 0) is 24.7 Å². The lowest BCUT2D eigenvalue weighted by Crippen LogP contribution is -2.08. The SMILES string of the molecule is CCCOc1ccnc(NCC2CC2C)n1. The molecule has 0 spiro atoms. The lowest BCUT2D eigenvalue weighted by Gasteiger charge is -2.06. The Labute approximate surface area is 96.4 Å². The van der Waals surface area contributed by atoms with Gasteiger partial charge >= 0.3 is 0 Å². The fraction of sp³-hybridized carbons (Fsp3) is 0.667. The topological polar surface area (TPSA) is 47.0 Å². The minimum absolute atomic E-state index is 0.656. The molecule has 2 unspecified atom stereocenters. The van der Waals surface area contributed by atoms with E-state index in [0.29, 0.717) is 18.4 Å². The van der Waals surface area contributed by atoms with Gasteiger partial charge in [-0.1, -0.05) is 13.8 Å². The Morgan fingerprint density at radius 2 is 2.38 bits per heavy atom. The Balaban J connectivity index is 1.83. The van der Waals surface area contributed by atoms with E-state index in [1.54, 1.807) is 12.3 Å². The molecule has 1 aromatic rings. The van der Waals surface area contributed by atoms with Crippen LogP contribution in [0.15, 0.2) is 12.3 Å². The summed E-state index contributed by atoms with van der Waals surface area (Å²) < 4.78 is 5.45. The number of ether oxygens (including phenoxy) is 1. The largest absolute Gasteiger partial charge is 0.478 e. The molecule has 88 valence electrons. The second-order valence-corrected chi connectivity index (χ2v) is 4.42. The predicted octanol–water partition coefficient (Wildman–Crippen LogP) is 2.33. The molecule has 2 atom stereocenters. The van der Waals surface area contributed by atoms with E-state index in [1.165, 1.54) is 6.42 Å². The highest BCUT2D eigenvalue weighted by Gasteiger charge is 2.32. The Hall–Kier alpha value is -1.32. The molecule has 0 aliphatic heterocycles. The molecular formula is C12H19N3O. The Bertz CT molecular complexity index is 343. The van der Waals surface area contributed by atoms with Gasteiger partial charge in [0.25, 0.3) is 0 Å². The first kappa shape index (κ1) is 11.2. The van der Waals surface area contributed by atoms with Crippen LogP contribution >= 0.6 is 0 Å². The molecule has 1 saturated carbocycles. The maximum absolute atomic E-state index is 5.45. The third kappa shape index (κ3) is 3.08. The maximum Gasteiger partial charge on any atom is 0.225 e. The van der Waals surface area contributed by atoms with Crippen LogP contribution in [-0.2, 0) is 0 Å². The van der Waals surface area contributed by atoms with Crippen molar-refractivity contribution in [2.24, 2.45) is 11.8 Å². The first-order chi connectivity index (χ1) is 7.79. The summed E-state index contributed by atoms with van der Waals surface area (Å²) in [7, 11) is 0. The summed E-state index contributed by atoms with van der Waals surface area (Å²) in [6.07, 6.45) is 4.04. The molecule has 0 radical (unpaired) electrons. The normalized spacial score (nSPS) is 22.9. The smallest absolute Gasteiger partial charge is 0.225 e. The highest BCUT2D eigenvalue weighted by Crippen LogP contribution is 2.37. The second-order valence-electron chi connectivity index (χ2n) is 4.42. The molecule has 1 N–H and O–H groups in total. The summed E-state index contributed by atoms with van der Waals surface area (Å²) in [5.41, 5.74) is 0. The van der Waals surface area contributed by atoms with Crippen molar-refractivity contribution in [3.8, 4) is 5.88 Å². The molecule has 4 heteroatoms. The first-order valence-corrected chi connectivity index (χ1v) is 5.99. The van der Waals surface area contributed by atoms with Crippen molar-refractivity contribution in [3.63, 3.8) is 0 Å². The van der Waals surface area contributed by atoms with Crippen LogP contribution in [-0.4, -0.2) is 23.1 Å². The molecule has 0 bridgehead atoms. The lowest BCUT2D eigenvalue weighted by atomic mass is 10.3. The van der Waals surface area contributed by atoms with Crippen LogP contribution in [0.1, 0.15) is 26.7 Å². The van der Waals surface area contributed by atoms with Crippen LogP contribution in [0.5, 0.6) is 5.88 Å². The molecule has 1 heterocycles. The van der Waals surface area contributed by atoms with E-state index in [2.05, 4.69) is 29.1 Å². The predicted molar refractivity (Wildman–Crippen MR) is 63.6 cm³/mol. The number of nitrogens with one attached hydrogen (secondary N) is 1. The Morgan fingerprint density at radius 3 is 3.06 bits per heavy atom. The molecular weight excluding hydrogens is 202 g/mol. The zero-order chi connectivity index (χ0) is 11.4. The molecule has 1 aliphatic rings. The molecule has 16 heavy (non-hydrogen) atoms. The standard InChI is InChI=1S/C12H19N3O/c1-3-6-16-11-4-5-13-12(15-11)14-8-10-7-9(10)2/h4-5,9-10H,3,6-8H2,1-2H3,(H,13,14,15). The highest BCUT2D eigenvalue weighted by molar-refractivity contribution is 5.27.